The molecule has 0 amide bonds. The van der Waals surface area contributed by atoms with E-state index in [1.165, 1.54) is 0 Å². The number of hydrogen-bond donors (Lipinski definition) is 0. The van der Waals surface area contributed by atoms with Gasteiger partial charge in [0.2, 0.25) is 0 Å². The molecule has 0 unspecified atom stereocenters. The number of rotatable bonds is 1. The van der Waals surface area contributed by atoms with Crippen LogP contribution in [0.3, 0.4) is 0 Å². The maximum absolute atomic E-state index is 12.4. The Morgan fingerprint density at radius 3 is 2.79 bits per heavy atom. The maximum Gasteiger partial charge on any atom is 0.259 e. The molecule has 2 heteroatoms. The third kappa shape index (κ3) is 1.88. The van der Waals surface area contributed by atoms with Crippen molar-refractivity contribution in [2.75, 3.05) is 0 Å². The van der Waals surface area contributed by atoms with E-state index in [1.54, 1.807) is 11.6 Å². The van der Waals surface area contributed by atoms with Gasteiger partial charge in [0.25, 0.3) is 5.56 Å². The minimum absolute atomic E-state index is 0.0173. The average Bonchev–Trinajstić information content (AvgIpc) is 2.73. The fraction of sp³-hybridized carbons (Fsp3) is 0.0588. The number of aromatic nitrogens is 1. The van der Waals surface area contributed by atoms with Gasteiger partial charge in [0.1, 0.15) is 0 Å². The largest absolute Gasteiger partial charge is 0.311 e. The fourth-order valence-corrected chi connectivity index (χ4v) is 2.31. The Hall–Kier alpha value is -2.57. The molecule has 0 radical (unpaired) electrons. The Bertz CT molecular complexity index is 783. The van der Waals surface area contributed by atoms with Gasteiger partial charge in [-0.15, -0.1) is 5.73 Å². The average molecular weight is 247 g/mol. The van der Waals surface area contributed by atoms with Crippen molar-refractivity contribution in [1.29, 1.82) is 0 Å². The fourth-order valence-electron chi connectivity index (χ4n) is 2.31. The molecule has 0 N–H and O–H groups in total. The third-order valence-corrected chi connectivity index (χ3v) is 3.25. The van der Waals surface area contributed by atoms with Gasteiger partial charge in [0.15, 0.2) is 0 Å². The highest BCUT2D eigenvalue weighted by atomic mass is 16.1. The van der Waals surface area contributed by atoms with E-state index in [0.717, 1.165) is 16.8 Å². The smallest absolute Gasteiger partial charge is 0.259 e. The summed E-state index contributed by atoms with van der Waals surface area (Å²) in [6.07, 6.45) is 9.50. The molecule has 3 aliphatic rings. The molecule has 0 bridgehead atoms. The highest BCUT2D eigenvalue weighted by molar-refractivity contribution is 5.85. The van der Waals surface area contributed by atoms with Crippen molar-refractivity contribution in [2.45, 2.75) is 0 Å². The van der Waals surface area contributed by atoms with Crippen LogP contribution >= 0.6 is 0 Å². The van der Waals surface area contributed by atoms with Crippen LogP contribution in [0, 0.1) is 0 Å². The monoisotopic (exact) mass is 247 g/mol. The summed E-state index contributed by atoms with van der Waals surface area (Å²) < 4.78 is 1.69. The van der Waals surface area contributed by atoms with Gasteiger partial charge in [-0.3, -0.25) is 4.79 Å². The van der Waals surface area contributed by atoms with E-state index in [2.05, 4.69) is 5.73 Å². The van der Waals surface area contributed by atoms with Crippen LogP contribution in [0.1, 0.15) is 5.56 Å². The van der Waals surface area contributed by atoms with E-state index >= 15 is 0 Å². The summed E-state index contributed by atoms with van der Waals surface area (Å²) in [4.78, 5) is 12.4. The predicted molar refractivity (Wildman–Crippen MR) is 78.1 cm³/mol. The second-order valence-electron chi connectivity index (χ2n) is 4.42. The van der Waals surface area contributed by atoms with E-state index in [-0.39, 0.29) is 5.56 Å². The molecule has 19 heavy (non-hydrogen) atoms. The van der Waals surface area contributed by atoms with Gasteiger partial charge in [-0.05, 0) is 18.2 Å². The van der Waals surface area contributed by atoms with Crippen molar-refractivity contribution in [3.8, 4) is 11.3 Å². The normalized spacial score (nSPS) is 13.6. The summed E-state index contributed by atoms with van der Waals surface area (Å²) >= 11 is 0. The zero-order valence-corrected chi connectivity index (χ0v) is 10.6. The van der Waals surface area contributed by atoms with E-state index in [9.17, 15) is 4.79 Å². The Balaban J connectivity index is 2.36. The van der Waals surface area contributed by atoms with Gasteiger partial charge in [0.05, 0.1) is 11.3 Å². The summed E-state index contributed by atoms with van der Waals surface area (Å²) in [5, 5.41) is 0. The number of allylic oxidation sites excluding steroid dienone is 5. The first-order valence-corrected chi connectivity index (χ1v) is 6.17. The van der Waals surface area contributed by atoms with E-state index in [1.807, 2.05) is 60.7 Å². The molecule has 1 heterocycles. The molecule has 0 aromatic heterocycles. The summed E-state index contributed by atoms with van der Waals surface area (Å²) in [6.45, 7) is 0. The highest BCUT2D eigenvalue weighted by Gasteiger charge is 2.19. The van der Waals surface area contributed by atoms with Crippen LogP contribution in [0.4, 0.5) is 0 Å². The zero-order chi connectivity index (χ0) is 13.2. The molecule has 0 saturated heterocycles. The first-order chi connectivity index (χ1) is 9.29. The van der Waals surface area contributed by atoms with Crippen LogP contribution in [0.5, 0.6) is 0 Å². The van der Waals surface area contributed by atoms with Crippen LogP contribution in [-0.4, -0.2) is 4.57 Å². The lowest BCUT2D eigenvalue weighted by atomic mass is 10.0. The summed E-state index contributed by atoms with van der Waals surface area (Å²) in [5.74, 6) is 0. The SMILES string of the molecule is Cn1c2cccccc-2c(C2=C=CC=CC=C2)c1=O. The lowest BCUT2D eigenvalue weighted by Gasteiger charge is -1.98. The molecular weight excluding hydrogens is 234 g/mol. The quantitative estimate of drug-likeness (QED) is 0.709. The van der Waals surface area contributed by atoms with Crippen LogP contribution in [-0.2, 0) is 7.05 Å². The Morgan fingerprint density at radius 2 is 1.89 bits per heavy atom. The Morgan fingerprint density at radius 1 is 1.05 bits per heavy atom. The minimum atomic E-state index is 0.0173. The first kappa shape index (κ1) is 11.5. The van der Waals surface area contributed by atoms with E-state index in [4.69, 9.17) is 0 Å². The van der Waals surface area contributed by atoms with Gasteiger partial charge in [0, 0.05) is 18.2 Å². The van der Waals surface area contributed by atoms with Crippen molar-refractivity contribution >= 4 is 5.57 Å². The summed E-state index contributed by atoms with van der Waals surface area (Å²) in [7, 11) is 1.80. The topological polar surface area (TPSA) is 22.0 Å². The molecule has 92 valence electrons. The standard InChI is InChI=1S/C17H13NO/c1-18-15-12-8-4-7-11-14(15)16(17(18)19)13-9-5-2-3-6-10-13/h2-9,11-12H,1H3. The van der Waals surface area contributed by atoms with Crippen molar-refractivity contribution in [2.24, 2.45) is 7.05 Å². The van der Waals surface area contributed by atoms with E-state index in [0.29, 0.717) is 5.56 Å². The Kier molecular flexibility index (Phi) is 2.79. The molecule has 0 aromatic rings. The second-order valence-corrected chi connectivity index (χ2v) is 4.42. The number of hydrogen-bond acceptors (Lipinski definition) is 1. The van der Waals surface area contributed by atoms with Gasteiger partial charge < -0.3 is 4.57 Å². The lowest BCUT2D eigenvalue weighted by molar-refractivity contribution is 0.896. The molecule has 2 aliphatic carbocycles. The summed E-state index contributed by atoms with van der Waals surface area (Å²) in [6, 6.07) is 9.80. The van der Waals surface area contributed by atoms with Gasteiger partial charge in [-0.25, -0.2) is 0 Å². The first-order valence-electron chi connectivity index (χ1n) is 6.17. The zero-order valence-electron chi connectivity index (χ0n) is 10.6. The molecule has 0 saturated carbocycles. The van der Waals surface area contributed by atoms with Crippen LogP contribution in [0.2, 0.25) is 0 Å². The third-order valence-electron chi connectivity index (χ3n) is 3.25. The van der Waals surface area contributed by atoms with Gasteiger partial charge in [-0.2, -0.15) is 0 Å². The maximum atomic E-state index is 12.4. The van der Waals surface area contributed by atoms with Crippen molar-refractivity contribution < 1.29 is 0 Å². The van der Waals surface area contributed by atoms with Crippen molar-refractivity contribution in [3.05, 3.63) is 82.4 Å². The number of fused-ring (bicyclic) bond motifs is 1. The Labute approximate surface area is 111 Å². The van der Waals surface area contributed by atoms with Gasteiger partial charge in [-0.1, -0.05) is 42.5 Å². The van der Waals surface area contributed by atoms with Crippen LogP contribution < -0.4 is 5.56 Å². The minimum Gasteiger partial charge on any atom is -0.311 e. The molecule has 2 nitrogen and oxygen atoms in total. The molecule has 3 rings (SSSR count). The van der Waals surface area contributed by atoms with Crippen LogP contribution in [0.25, 0.3) is 16.8 Å². The van der Waals surface area contributed by atoms with Crippen molar-refractivity contribution in [1.82, 2.24) is 4.57 Å². The molecule has 0 spiro atoms. The lowest BCUT2D eigenvalue weighted by Crippen LogP contribution is -2.13. The molecular formula is C17H13NO. The van der Waals surface area contributed by atoms with Gasteiger partial charge >= 0.3 is 0 Å². The summed E-state index contributed by atoms with van der Waals surface area (Å²) in [5.41, 5.74) is 6.61. The van der Waals surface area contributed by atoms with Crippen molar-refractivity contribution in [3.63, 3.8) is 0 Å². The van der Waals surface area contributed by atoms with Crippen LogP contribution in [0.15, 0.2) is 71.2 Å². The molecule has 0 aromatic carbocycles. The van der Waals surface area contributed by atoms with E-state index < -0.39 is 0 Å². The molecule has 0 atom stereocenters. The second kappa shape index (κ2) is 4.60. The highest BCUT2D eigenvalue weighted by Crippen LogP contribution is 2.28. The molecule has 1 aliphatic heterocycles. The number of nitrogens with zero attached hydrogens (tertiary/aromatic N) is 1. The molecule has 0 fully saturated rings. The predicted octanol–water partition coefficient (Wildman–Crippen LogP) is 3.15.